The summed E-state index contributed by atoms with van der Waals surface area (Å²) < 4.78 is 68.3. The number of nitrogens with one attached hydrogen (secondary N) is 2. The van der Waals surface area contributed by atoms with Crippen molar-refractivity contribution >= 4 is 34.9 Å². The third kappa shape index (κ3) is 7.97. The molecule has 1 heterocycles. The second-order valence-electron chi connectivity index (χ2n) is 11.7. The second kappa shape index (κ2) is 14.4. The summed E-state index contributed by atoms with van der Waals surface area (Å²) in [6, 6.07) is 9.95. The smallest absolute Gasteiger partial charge is 0.394 e. The van der Waals surface area contributed by atoms with Gasteiger partial charge in [-0.25, -0.2) is 18.5 Å². The Hall–Kier alpha value is -4.68. The first kappa shape index (κ1) is 37.1. The minimum atomic E-state index is -5.08. The Morgan fingerprint density at radius 1 is 0.898 bits per heavy atom. The summed E-state index contributed by atoms with van der Waals surface area (Å²) in [6.45, 7) is 1.07. The van der Waals surface area contributed by atoms with E-state index >= 15 is 0 Å². The fraction of sp³-hybridized carbons (Fsp3) is 0.344. The van der Waals surface area contributed by atoms with Crippen LogP contribution in [-0.2, 0) is 17.5 Å². The Labute approximate surface area is 276 Å². The molecule has 0 bridgehead atoms. The van der Waals surface area contributed by atoms with Gasteiger partial charge < -0.3 is 41.1 Å². The highest BCUT2D eigenvalue weighted by Gasteiger charge is 2.52. The molecule has 264 valence electrons. The van der Waals surface area contributed by atoms with E-state index in [0.29, 0.717) is 28.3 Å². The number of urea groups is 1. The van der Waals surface area contributed by atoms with Gasteiger partial charge in [0.15, 0.2) is 0 Å². The van der Waals surface area contributed by atoms with Gasteiger partial charge in [0.2, 0.25) is 0 Å². The third-order valence-electron chi connectivity index (χ3n) is 7.96. The van der Waals surface area contributed by atoms with E-state index < -0.39 is 90.0 Å². The Morgan fingerprint density at radius 3 is 2.14 bits per heavy atom. The highest BCUT2D eigenvalue weighted by Crippen LogP contribution is 2.38. The molecule has 49 heavy (non-hydrogen) atoms. The zero-order chi connectivity index (χ0) is 36.4. The molecule has 1 aliphatic rings. The Kier molecular flexibility index (Phi) is 10.9. The van der Waals surface area contributed by atoms with Gasteiger partial charge in [0.25, 0.3) is 11.8 Å². The van der Waals surface area contributed by atoms with Crippen LogP contribution < -0.4 is 15.5 Å². The van der Waals surface area contributed by atoms with Crippen molar-refractivity contribution in [3.63, 3.8) is 0 Å². The number of imide groups is 1. The first-order chi connectivity index (χ1) is 22.9. The van der Waals surface area contributed by atoms with Gasteiger partial charge in [-0.1, -0.05) is 6.07 Å². The molecule has 3 aromatic rings. The number of aliphatic hydroxyl groups is 5. The van der Waals surface area contributed by atoms with Gasteiger partial charge in [0.1, 0.15) is 35.5 Å². The monoisotopic (exact) mass is 696 g/mol. The van der Waals surface area contributed by atoms with Crippen LogP contribution in [0.3, 0.4) is 0 Å². The fourth-order valence-corrected chi connectivity index (χ4v) is 5.02. The SMILES string of the molecule is CC1(C)C(=O)N(c2ccc(F)c(C(F)(F)F)c2)C(=O)N1Cc1ccc(F)cc1Nc1ccc(C(=O)NCC(O)C(O)C(O)C(O)CO)cc1. The van der Waals surface area contributed by atoms with Gasteiger partial charge >= 0.3 is 12.2 Å². The Bertz CT molecular complexity index is 1710. The van der Waals surface area contributed by atoms with E-state index in [1.54, 1.807) is 0 Å². The maximum absolute atomic E-state index is 14.4. The van der Waals surface area contributed by atoms with Crippen molar-refractivity contribution in [2.24, 2.45) is 0 Å². The van der Waals surface area contributed by atoms with E-state index in [1.165, 1.54) is 44.2 Å². The van der Waals surface area contributed by atoms with E-state index in [9.17, 15) is 56.8 Å². The highest BCUT2D eigenvalue weighted by molar-refractivity contribution is 6.23. The highest BCUT2D eigenvalue weighted by atomic mass is 19.4. The Balaban J connectivity index is 1.49. The molecule has 0 aliphatic carbocycles. The summed E-state index contributed by atoms with van der Waals surface area (Å²) in [5.41, 5.74) is -2.82. The van der Waals surface area contributed by atoms with Crippen LogP contribution in [0.1, 0.15) is 35.3 Å². The first-order valence-electron chi connectivity index (χ1n) is 14.7. The molecule has 7 N–H and O–H groups in total. The van der Waals surface area contributed by atoms with Crippen molar-refractivity contribution in [1.82, 2.24) is 10.2 Å². The standard InChI is InChI=1S/C32H33F5N4O8/c1-31(2)29(48)41(20-9-10-22(34)21(12-20)32(35,36)37)30(49)40(31)14-17-3-6-18(33)11-23(17)39-19-7-4-16(5-8-19)28(47)38-13-24(43)26(45)27(46)25(44)15-42/h3-12,24-27,39,42-46H,13-15H2,1-2H3,(H,38,47). The maximum atomic E-state index is 14.4. The third-order valence-corrected chi connectivity index (χ3v) is 7.96. The molecule has 4 rings (SSSR count). The quantitative estimate of drug-likeness (QED) is 0.111. The number of anilines is 3. The molecular formula is C32H33F5N4O8. The first-order valence-corrected chi connectivity index (χ1v) is 14.7. The fourth-order valence-electron chi connectivity index (χ4n) is 5.02. The van der Waals surface area contributed by atoms with Crippen molar-refractivity contribution in [3.05, 3.63) is 89.0 Å². The molecule has 1 saturated heterocycles. The molecule has 12 nitrogen and oxygen atoms in total. The number of aliphatic hydroxyl groups excluding tert-OH is 5. The minimum absolute atomic E-state index is 0.0973. The predicted octanol–water partition coefficient (Wildman–Crippen LogP) is 2.64. The number of rotatable bonds is 12. The molecule has 4 amide bonds. The normalized spacial score (nSPS) is 17.1. The summed E-state index contributed by atoms with van der Waals surface area (Å²) in [5.74, 6) is -3.80. The predicted molar refractivity (Wildman–Crippen MR) is 163 cm³/mol. The van der Waals surface area contributed by atoms with Crippen LogP contribution in [0.2, 0.25) is 0 Å². The van der Waals surface area contributed by atoms with Crippen molar-refractivity contribution in [1.29, 1.82) is 0 Å². The number of halogens is 5. The summed E-state index contributed by atoms with van der Waals surface area (Å²) in [7, 11) is 0. The summed E-state index contributed by atoms with van der Waals surface area (Å²) >= 11 is 0. The zero-order valence-corrected chi connectivity index (χ0v) is 25.9. The number of carbonyl (C=O) groups excluding carboxylic acids is 3. The molecule has 1 aliphatic heterocycles. The molecule has 17 heteroatoms. The molecular weight excluding hydrogens is 663 g/mol. The van der Waals surface area contributed by atoms with Gasteiger partial charge in [0, 0.05) is 23.5 Å². The second-order valence-corrected chi connectivity index (χ2v) is 11.7. The van der Waals surface area contributed by atoms with Crippen molar-refractivity contribution in [2.45, 2.75) is 56.5 Å². The average molecular weight is 697 g/mol. The van der Waals surface area contributed by atoms with Gasteiger partial charge in [-0.05, 0) is 74.0 Å². The lowest BCUT2D eigenvalue weighted by atomic mass is 10.0. The van der Waals surface area contributed by atoms with Gasteiger partial charge in [-0.2, -0.15) is 13.2 Å². The number of hydrogen-bond donors (Lipinski definition) is 7. The van der Waals surface area contributed by atoms with E-state index in [-0.39, 0.29) is 17.8 Å². The van der Waals surface area contributed by atoms with Gasteiger partial charge in [-0.15, -0.1) is 0 Å². The largest absolute Gasteiger partial charge is 0.419 e. The maximum Gasteiger partial charge on any atom is 0.419 e. The number of carbonyl (C=O) groups is 3. The number of nitrogens with zero attached hydrogens (tertiary/aromatic N) is 2. The van der Waals surface area contributed by atoms with E-state index in [4.69, 9.17) is 5.11 Å². The molecule has 4 unspecified atom stereocenters. The van der Waals surface area contributed by atoms with Crippen LogP contribution >= 0.6 is 0 Å². The summed E-state index contributed by atoms with van der Waals surface area (Å²) in [5, 5.41) is 53.2. The number of alkyl halides is 3. The van der Waals surface area contributed by atoms with Gasteiger partial charge in [0.05, 0.1) is 30.5 Å². The van der Waals surface area contributed by atoms with Crippen LogP contribution in [0.4, 0.5) is 43.8 Å². The van der Waals surface area contributed by atoms with Crippen LogP contribution in [0, 0.1) is 11.6 Å². The van der Waals surface area contributed by atoms with E-state index in [2.05, 4.69) is 10.6 Å². The number of benzene rings is 3. The number of amides is 4. The van der Waals surface area contributed by atoms with Crippen molar-refractivity contribution < 1.29 is 61.9 Å². The average Bonchev–Trinajstić information content (AvgIpc) is 3.22. The summed E-state index contributed by atoms with van der Waals surface area (Å²) in [6.07, 6.45) is -12.2. The van der Waals surface area contributed by atoms with E-state index in [0.717, 1.165) is 23.1 Å². The van der Waals surface area contributed by atoms with Crippen LogP contribution in [0.15, 0.2) is 60.7 Å². The lowest BCUT2D eigenvalue weighted by Crippen LogP contribution is -2.49. The van der Waals surface area contributed by atoms with Crippen molar-refractivity contribution in [2.75, 3.05) is 23.4 Å². The molecule has 0 aromatic heterocycles. The minimum Gasteiger partial charge on any atom is -0.394 e. The molecule has 0 saturated carbocycles. The lowest BCUT2D eigenvalue weighted by molar-refractivity contribution is -0.140. The van der Waals surface area contributed by atoms with E-state index in [1.807, 2.05) is 0 Å². The molecule has 0 radical (unpaired) electrons. The van der Waals surface area contributed by atoms with Crippen LogP contribution in [0.25, 0.3) is 0 Å². The molecule has 1 fully saturated rings. The van der Waals surface area contributed by atoms with Crippen molar-refractivity contribution in [3.8, 4) is 0 Å². The Morgan fingerprint density at radius 2 is 1.53 bits per heavy atom. The topological polar surface area (TPSA) is 183 Å². The summed E-state index contributed by atoms with van der Waals surface area (Å²) in [4.78, 5) is 41.0. The van der Waals surface area contributed by atoms with Gasteiger partial charge in [-0.3, -0.25) is 9.59 Å². The molecule has 3 aromatic carbocycles. The van der Waals surface area contributed by atoms with Crippen LogP contribution in [0.5, 0.6) is 0 Å². The van der Waals surface area contributed by atoms with Crippen LogP contribution in [-0.4, -0.2) is 91.4 Å². The lowest BCUT2D eigenvalue weighted by Gasteiger charge is -2.28. The molecule has 4 atom stereocenters. The molecule has 0 spiro atoms. The zero-order valence-electron chi connectivity index (χ0n) is 25.9. The number of hydrogen-bond acceptors (Lipinski definition) is 9.